The highest BCUT2D eigenvalue weighted by Crippen LogP contribution is 2.19. The summed E-state index contributed by atoms with van der Waals surface area (Å²) in [6.45, 7) is 4.59. The van der Waals surface area contributed by atoms with Gasteiger partial charge in [-0.15, -0.1) is 0 Å². The molecule has 0 aliphatic heterocycles. The van der Waals surface area contributed by atoms with E-state index in [9.17, 15) is 0 Å². The molecule has 1 aromatic carbocycles. The van der Waals surface area contributed by atoms with Gasteiger partial charge in [0.2, 0.25) is 0 Å². The molecule has 1 rings (SSSR count). The standard InChI is InChI=1S/C15H25NO3/c1-3-4-9-18-10-11-19-15(12-16)13-5-7-14(17-2)8-6-13/h5-8,15H,3-4,9-12,16H2,1-2H3. The van der Waals surface area contributed by atoms with Crippen molar-refractivity contribution in [1.29, 1.82) is 0 Å². The molecule has 4 heteroatoms. The van der Waals surface area contributed by atoms with Gasteiger partial charge in [0.05, 0.1) is 26.4 Å². The van der Waals surface area contributed by atoms with Crippen molar-refractivity contribution in [3.05, 3.63) is 29.8 Å². The molecule has 1 unspecified atom stereocenters. The number of nitrogens with two attached hydrogens (primary N) is 1. The summed E-state index contributed by atoms with van der Waals surface area (Å²) >= 11 is 0. The lowest BCUT2D eigenvalue weighted by Crippen LogP contribution is -2.18. The predicted octanol–water partition coefficient (Wildman–Crippen LogP) is 2.53. The van der Waals surface area contributed by atoms with Crippen LogP contribution in [0.15, 0.2) is 24.3 Å². The van der Waals surface area contributed by atoms with Gasteiger partial charge in [-0.05, 0) is 24.1 Å². The van der Waals surface area contributed by atoms with Crippen LogP contribution in [0.25, 0.3) is 0 Å². The average molecular weight is 267 g/mol. The Kier molecular flexibility index (Phi) is 8.21. The summed E-state index contributed by atoms with van der Waals surface area (Å²) in [6, 6.07) is 7.79. The minimum absolute atomic E-state index is 0.0827. The second-order valence-electron chi connectivity index (χ2n) is 4.33. The molecule has 0 aliphatic rings. The summed E-state index contributed by atoms with van der Waals surface area (Å²) in [5, 5.41) is 0. The summed E-state index contributed by atoms with van der Waals surface area (Å²) in [7, 11) is 1.65. The molecule has 2 N–H and O–H groups in total. The van der Waals surface area contributed by atoms with Crippen LogP contribution >= 0.6 is 0 Å². The van der Waals surface area contributed by atoms with Crippen molar-refractivity contribution in [1.82, 2.24) is 0 Å². The third-order valence-electron chi connectivity index (χ3n) is 2.89. The molecule has 0 fully saturated rings. The number of hydrogen-bond acceptors (Lipinski definition) is 4. The second-order valence-corrected chi connectivity index (χ2v) is 4.33. The van der Waals surface area contributed by atoms with E-state index in [0.717, 1.165) is 30.8 Å². The maximum absolute atomic E-state index is 5.74. The van der Waals surface area contributed by atoms with Crippen molar-refractivity contribution >= 4 is 0 Å². The lowest BCUT2D eigenvalue weighted by molar-refractivity contribution is 0.00694. The first-order valence-electron chi connectivity index (χ1n) is 6.85. The van der Waals surface area contributed by atoms with Crippen molar-refractivity contribution in [2.24, 2.45) is 5.73 Å². The van der Waals surface area contributed by atoms with Gasteiger partial charge in [-0.25, -0.2) is 0 Å². The van der Waals surface area contributed by atoms with Crippen molar-refractivity contribution in [3.63, 3.8) is 0 Å². The van der Waals surface area contributed by atoms with Gasteiger partial charge in [0, 0.05) is 13.2 Å². The molecule has 0 bridgehead atoms. The number of methoxy groups -OCH3 is 1. The van der Waals surface area contributed by atoms with E-state index < -0.39 is 0 Å². The van der Waals surface area contributed by atoms with Gasteiger partial charge in [0.15, 0.2) is 0 Å². The Bertz CT molecular complexity index is 327. The Morgan fingerprint density at radius 1 is 1.11 bits per heavy atom. The minimum atomic E-state index is -0.0827. The summed E-state index contributed by atoms with van der Waals surface area (Å²) in [6.07, 6.45) is 2.16. The van der Waals surface area contributed by atoms with Crippen LogP contribution in [0.1, 0.15) is 31.4 Å². The third kappa shape index (κ3) is 6.05. The Hall–Kier alpha value is -1.10. The van der Waals surface area contributed by atoms with Crippen LogP contribution in [-0.2, 0) is 9.47 Å². The lowest BCUT2D eigenvalue weighted by atomic mass is 10.1. The Morgan fingerprint density at radius 2 is 1.84 bits per heavy atom. The van der Waals surface area contributed by atoms with Crippen LogP contribution in [0, 0.1) is 0 Å². The SMILES string of the molecule is CCCCOCCOC(CN)c1ccc(OC)cc1. The maximum Gasteiger partial charge on any atom is 0.118 e. The van der Waals surface area contributed by atoms with Gasteiger partial charge in [0.1, 0.15) is 5.75 Å². The van der Waals surface area contributed by atoms with Gasteiger partial charge in [0.25, 0.3) is 0 Å². The second kappa shape index (κ2) is 9.78. The first-order valence-corrected chi connectivity index (χ1v) is 6.85. The molecule has 0 aliphatic carbocycles. The zero-order chi connectivity index (χ0) is 13.9. The molecule has 0 amide bonds. The van der Waals surface area contributed by atoms with Gasteiger partial charge < -0.3 is 19.9 Å². The van der Waals surface area contributed by atoms with Gasteiger partial charge in [-0.2, -0.15) is 0 Å². The fourth-order valence-corrected chi connectivity index (χ4v) is 1.72. The zero-order valence-corrected chi connectivity index (χ0v) is 11.9. The maximum atomic E-state index is 5.74. The molecule has 0 spiro atoms. The molecule has 108 valence electrons. The van der Waals surface area contributed by atoms with E-state index in [1.807, 2.05) is 24.3 Å². The molecule has 0 heterocycles. The fourth-order valence-electron chi connectivity index (χ4n) is 1.72. The fraction of sp³-hybridized carbons (Fsp3) is 0.600. The number of ether oxygens (including phenoxy) is 3. The smallest absolute Gasteiger partial charge is 0.118 e. The number of hydrogen-bond donors (Lipinski definition) is 1. The van der Waals surface area contributed by atoms with Gasteiger partial charge in [-0.1, -0.05) is 25.5 Å². The molecule has 0 aromatic heterocycles. The summed E-state index contributed by atoms with van der Waals surface area (Å²) in [5.74, 6) is 0.836. The van der Waals surface area contributed by atoms with Crippen LogP contribution in [0.3, 0.4) is 0 Å². The first kappa shape index (κ1) is 16.0. The van der Waals surface area contributed by atoms with E-state index >= 15 is 0 Å². The first-order chi connectivity index (χ1) is 9.31. The molecular formula is C15H25NO3. The highest BCUT2D eigenvalue weighted by Gasteiger charge is 2.09. The monoisotopic (exact) mass is 267 g/mol. The van der Waals surface area contributed by atoms with Crippen LogP contribution < -0.4 is 10.5 Å². The van der Waals surface area contributed by atoms with Crippen LogP contribution in [0.5, 0.6) is 5.75 Å². The molecule has 0 saturated carbocycles. The summed E-state index contributed by atoms with van der Waals surface area (Å²) in [4.78, 5) is 0. The summed E-state index contributed by atoms with van der Waals surface area (Å²) < 4.78 is 16.3. The largest absolute Gasteiger partial charge is 0.497 e. The van der Waals surface area contributed by atoms with E-state index in [-0.39, 0.29) is 6.10 Å². The topological polar surface area (TPSA) is 53.7 Å². The van der Waals surface area contributed by atoms with Crippen LogP contribution in [0.2, 0.25) is 0 Å². The van der Waals surface area contributed by atoms with Gasteiger partial charge >= 0.3 is 0 Å². The van der Waals surface area contributed by atoms with Crippen molar-refractivity contribution in [2.75, 3.05) is 33.5 Å². The summed E-state index contributed by atoms with van der Waals surface area (Å²) in [5.41, 5.74) is 6.81. The molecule has 19 heavy (non-hydrogen) atoms. The van der Waals surface area contributed by atoms with E-state index in [0.29, 0.717) is 19.8 Å². The van der Waals surface area contributed by atoms with E-state index in [4.69, 9.17) is 19.9 Å². The van der Waals surface area contributed by atoms with E-state index in [1.54, 1.807) is 7.11 Å². The molecule has 1 atom stereocenters. The molecule has 1 aromatic rings. The quantitative estimate of drug-likeness (QED) is 0.662. The molecule has 0 saturated heterocycles. The Balaban J connectivity index is 2.31. The van der Waals surface area contributed by atoms with Crippen LogP contribution in [-0.4, -0.2) is 33.5 Å². The molecular weight excluding hydrogens is 242 g/mol. The average Bonchev–Trinajstić information content (AvgIpc) is 2.47. The number of unbranched alkanes of at least 4 members (excludes halogenated alkanes) is 1. The van der Waals surface area contributed by atoms with Crippen LogP contribution in [0.4, 0.5) is 0 Å². The normalized spacial score (nSPS) is 12.4. The van der Waals surface area contributed by atoms with Crippen molar-refractivity contribution in [3.8, 4) is 5.75 Å². The minimum Gasteiger partial charge on any atom is -0.497 e. The third-order valence-corrected chi connectivity index (χ3v) is 2.89. The predicted molar refractivity (Wildman–Crippen MR) is 76.5 cm³/mol. The lowest BCUT2D eigenvalue weighted by Gasteiger charge is -2.16. The van der Waals surface area contributed by atoms with Crippen molar-refractivity contribution in [2.45, 2.75) is 25.9 Å². The molecule has 0 radical (unpaired) electrons. The Morgan fingerprint density at radius 3 is 2.42 bits per heavy atom. The van der Waals surface area contributed by atoms with E-state index in [2.05, 4.69) is 6.92 Å². The highest BCUT2D eigenvalue weighted by molar-refractivity contribution is 5.28. The zero-order valence-electron chi connectivity index (χ0n) is 11.9. The molecule has 4 nitrogen and oxygen atoms in total. The highest BCUT2D eigenvalue weighted by atomic mass is 16.5. The number of benzene rings is 1. The van der Waals surface area contributed by atoms with E-state index in [1.165, 1.54) is 0 Å². The number of rotatable bonds is 10. The van der Waals surface area contributed by atoms with Gasteiger partial charge in [-0.3, -0.25) is 0 Å². The Labute approximate surface area is 115 Å². The van der Waals surface area contributed by atoms with Crippen molar-refractivity contribution < 1.29 is 14.2 Å².